The van der Waals surface area contributed by atoms with Gasteiger partial charge in [0.05, 0.1) is 0 Å². The molecule has 0 aliphatic heterocycles. The van der Waals surface area contributed by atoms with Crippen LogP contribution in [0.2, 0.25) is 0 Å². The molecule has 0 saturated heterocycles. The predicted molar refractivity (Wildman–Crippen MR) is 66.4 cm³/mol. The standard InChI is InChI=1S/C13H18ClN/c14-9-12-6-3-7-13(8-12)15-10-11-4-1-2-5-11/h3,6-8,11,15H,1-2,4-5,9-10H2. The molecular formula is C13H18ClN. The van der Waals surface area contributed by atoms with E-state index in [1.54, 1.807) is 0 Å². The number of hydrogen-bond donors (Lipinski definition) is 1. The van der Waals surface area contributed by atoms with E-state index in [0.29, 0.717) is 5.88 Å². The molecule has 1 aliphatic carbocycles. The van der Waals surface area contributed by atoms with Crippen LogP contribution >= 0.6 is 11.6 Å². The monoisotopic (exact) mass is 223 g/mol. The highest BCUT2D eigenvalue weighted by molar-refractivity contribution is 6.17. The van der Waals surface area contributed by atoms with Crippen molar-refractivity contribution in [1.82, 2.24) is 0 Å². The Morgan fingerprint density at radius 3 is 2.80 bits per heavy atom. The fourth-order valence-electron chi connectivity index (χ4n) is 2.24. The van der Waals surface area contributed by atoms with Gasteiger partial charge in [0.25, 0.3) is 0 Å². The summed E-state index contributed by atoms with van der Waals surface area (Å²) in [6, 6.07) is 8.38. The Hall–Kier alpha value is -0.690. The third-order valence-electron chi connectivity index (χ3n) is 3.15. The summed E-state index contributed by atoms with van der Waals surface area (Å²) in [7, 11) is 0. The van der Waals surface area contributed by atoms with Crippen LogP contribution in [0.4, 0.5) is 5.69 Å². The lowest BCUT2D eigenvalue weighted by Crippen LogP contribution is -2.10. The lowest BCUT2D eigenvalue weighted by Gasteiger charge is -2.12. The SMILES string of the molecule is ClCc1cccc(NCC2CCCC2)c1. The zero-order valence-electron chi connectivity index (χ0n) is 9.01. The normalized spacial score (nSPS) is 16.9. The lowest BCUT2D eigenvalue weighted by atomic mass is 10.1. The van der Waals surface area contributed by atoms with Crippen molar-refractivity contribution < 1.29 is 0 Å². The number of halogens is 1. The van der Waals surface area contributed by atoms with E-state index in [4.69, 9.17) is 11.6 Å². The minimum absolute atomic E-state index is 0.596. The first-order valence-electron chi connectivity index (χ1n) is 5.77. The van der Waals surface area contributed by atoms with Crippen LogP contribution in [0.15, 0.2) is 24.3 Å². The van der Waals surface area contributed by atoms with Crippen LogP contribution in [0.3, 0.4) is 0 Å². The van der Waals surface area contributed by atoms with Gasteiger partial charge in [-0.1, -0.05) is 25.0 Å². The first kappa shape index (κ1) is 10.8. The number of benzene rings is 1. The molecule has 1 N–H and O–H groups in total. The third-order valence-corrected chi connectivity index (χ3v) is 3.46. The number of alkyl halides is 1. The molecule has 2 heteroatoms. The fraction of sp³-hybridized carbons (Fsp3) is 0.538. The predicted octanol–water partition coefficient (Wildman–Crippen LogP) is 4.03. The molecule has 0 bridgehead atoms. The average molecular weight is 224 g/mol. The van der Waals surface area contributed by atoms with Crippen molar-refractivity contribution in [1.29, 1.82) is 0 Å². The van der Waals surface area contributed by atoms with Crippen molar-refractivity contribution in [2.75, 3.05) is 11.9 Å². The van der Waals surface area contributed by atoms with Gasteiger partial charge in [0.15, 0.2) is 0 Å². The van der Waals surface area contributed by atoms with E-state index in [1.807, 2.05) is 0 Å². The van der Waals surface area contributed by atoms with Crippen molar-refractivity contribution in [2.45, 2.75) is 31.6 Å². The van der Waals surface area contributed by atoms with Crippen LogP contribution in [0, 0.1) is 5.92 Å². The zero-order chi connectivity index (χ0) is 10.5. The molecule has 0 aromatic heterocycles. The first-order chi connectivity index (χ1) is 7.38. The molecule has 0 amide bonds. The highest BCUT2D eigenvalue weighted by Gasteiger charge is 2.14. The lowest BCUT2D eigenvalue weighted by molar-refractivity contribution is 0.580. The summed E-state index contributed by atoms with van der Waals surface area (Å²) < 4.78 is 0. The molecule has 1 aliphatic rings. The van der Waals surface area contributed by atoms with E-state index < -0.39 is 0 Å². The summed E-state index contributed by atoms with van der Waals surface area (Å²) in [5.74, 6) is 1.48. The van der Waals surface area contributed by atoms with E-state index in [0.717, 1.165) is 12.5 Å². The van der Waals surface area contributed by atoms with Crippen molar-refractivity contribution in [2.24, 2.45) is 5.92 Å². The molecule has 82 valence electrons. The molecule has 0 unspecified atom stereocenters. The molecule has 1 aromatic rings. The Labute approximate surface area is 96.8 Å². The molecular weight excluding hydrogens is 206 g/mol. The van der Waals surface area contributed by atoms with Gasteiger partial charge in [0.1, 0.15) is 0 Å². The Balaban J connectivity index is 1.86. The van der Waals surface area contributed by atoms with Crippen LogP contribution < -0.4 is 5.32 Å². The number of hydrogen-bond acceptors (Lipinski definition) is 1. The average Bonchev–Trinajstić information content (AvgIpc) is 2.79. The maximum atomic E-state index is 5.80. The second kappa shape index (κ2) is 5.41. The van der Waals surface area contributed by atoms with Gasteiger partial charge >= 0.3 is 0 Å². The number of anilines is 1. The molecule has 0 atom stereocenters. The topological polar surface area (TPSA) is 12.0 Å². The molecule has 1 nitrogen and oxygen atoms in total. The maximum Gasteiger partial charge on any atom is 0.0474 e. The van der Waals surface area contributed by atoms with Crippen LogP contribution in [0.25, 0.3) is 0 Å². The summed E-state index contributed by atoms with van der Waals surface area (Å²) >= 11 is 5.80. The zero-order valence-corrected chi connectivity index (χ0v) is 9.76. The van der Waals surface area contributed by atoms with E-state index in [-0.39, 0.29) is 0 Å². The van der Waals surface area contributed by atoms with Crippen molar-refractivity contribution in [3.63, 3.8) is 0 Å². The quantitative estimate of drug-likeness (QED) is 0.761. The molecule has 1 aromatic carbocycles. The largest absolute Gasteiger partial charge is 0.385 e. The van der Waals surface area contributed by atoms with E-state index in [9.17, 15) is 0 Å². The van der Waals surface area contributed by atoms with E-state index in [1.165, 1.54) is 36.9 Å². The van der Waals surface area contributed by atoms with Gasteiger partial charge in [-0.25, -0.2) is 0 Å². The van der Waals surface area contributed by atoms with Crippen molar-refractivity contribution in [3.8, 4) is 0 Å². The summed E-state index contributed by atoms with van der Waals surface area (Å²) in [5, 5.41) is 3.50. The smallest absolute Gasteiger partial charge is 0.0474 e. The second-order valence-corrected chi connectivity index (χ2v) is 4.63. The molecule has 2 rings (SSSR count). The molecule has 0 spiro atoms. The summed E-state index contributed by atoms with van der Waals surface area (Å²) in [5.41, 5.74) is 2.40. The van der Waals surface area contributed by atoms with Gasteiger partial charge < -0.3 is 5.32 Å². The maximum absolute atomic E-state index is 5.80. The molecule has 15 heavy (non-hydrogen) atoms. The Morgan fingerprint density at radius 2 is 2.07 bits per heavy atom. The second-order valence-electron chi connectivity index (χ2n) is 4.37. The summed E-state index contributed by atoms with van der Waals surface area (Å²) in [4.78, 5) is 0. The highest BCUT2D eigenvalue weighted by atomic mass is 35.5. The van der Waals surface area contributed by atoms with Gasteiger partial charge in [-0.15, -0.1) is 11.6 Å². The molecule has 0 radical (unpaired) electrons. The van der Waals surface area contributed by atoms with Crippen LogP contribution in [-0.2, 0) is 5.88 Å². The minimum Gasteiger partial charge on any atom is -0.385 e. The van der Waals surface area contributed by atoms with Gasteiger partial charge in [0, 0.05) is 18.1 Å². The first-order valence-corrected chi connectivity index (χ1v) is 6.31. The third kappa shape index (κ3) is 3.13. The minimum atomic E-state index is 0.596. The highest BCUT2D eigenvalue weighted by Crippen LogP contribution is 2.25. The Morgan fingerprint density at radius 1 is 1.27 bits per heavy atom. The van der Waals surface area contributed by atoms with Crippen LogP contribution in [0.1, 0.15) is 31.2 Å². The number of rotatable bonds is 4. The fourth-order valence-corrected chi connectivity index (χ4v) is 2.41. The molecule has 1 saturated carbocycles. The van der Waals surface area contributed by atoms with Gasteiger partial charge in [-0.05, 0) is 36.5 Å². The Kier molecular flexibility index (Phi) is 3.90. The van der Waals surface area contributed by atoms with E-state index in [2.05, 4.69) is 29.6 Å². The molecule has 1 fully saturated rings. The van der Waals surface area contributed by atoms with Gasteiger partial charge in [-0.2, -0.15) is 0 Å². The summed E-state index contributed by atoms with van der Waals surface area (Å²) in [6.45, 7) is 1.12. The van der Waals surface area contributed by atoms with Crippen LogP contribution in [0.5, 0.6) is 0 Å². The van der Waals surface area contributed by atoms with Crippen molar-refractivity contribution >= 4 is 17.3 Å². The summed E-state index contributed by atoms with van der Waals surface area (Å²) in [6.07, 6.45) is 5.60. The number of nitrogens with one attached hydrogen (secondary N) is 1. The Bertz CT molecular complexity index is 305. The van der Waals surface area contributed by atoms with E-state index >= 15 is 0 Å². The van der Waals surface area contributed by atoms with Crippen LogP contribution in [-0.4, -0.2) is 6.54 Å². The van der Waals surface area contributed by atoms with Gasteiger partial charge in [0.2, 0.25) is 0 Å². The van der Waals surface area contributed by atoms with Crippen molar-refractivity contribution in [3.05, 3.63) is 29.8 Å². The van der Waals surface area contributed by atoms with Gasteiger partial charge in [-0.3, -0.25) is 0 Å². The molecule has 0 heterocycles.